The predicted molar refractivity (Wildman–Crippen MR) is 92.8 cm³/mol. The first-order valence-electron chi connectivity index (χ1n) is 8.77. The van der Waals surface area contributed by atoms with Gasteiger partial charge in [0.15, 0.2) is 11.0 Å². The lowest BCUT2D eigenvalue weighted by Crippen LogP contribution is -2.17. The highest BCUT2D eigenvalue weighted by Crippen LogP contribution is 2.38. The van der Waals surface area contributed by atoms with Gasteiger partial charge in [-0.1, -0.05) is 43.2 Å². The zero-order valence-electron chi connectivity index (χ0n) is 13.9. The van der Waals surface area contributed by atoms with E-state index in [1.807, 2.05) is 4.57 Å². The lowest BCUT2D eigenvalue weighted by molar-refractivity contribution is -0.137. The molecule has 1 aliphatic heterocycles. The molecule has 132 valence electrons. The van der Waals surface area contributed by atoms with Crippen LogP contribution in [-0.4, -0.2) is 32.6 Å². The summed E-state index contributed by atoms with van der Waals surface area (Å²) in [4.78, 5) is 11.8. The first kappa shape index (κ1) is 16.6. The number of cyclic esters (lactones) is 1. The largest absolute Gasteiger partial charge is 0.465 e. The van der Waals surface area contributed by atoms with E-state index in [0.717, 1.165) is 25.7 Å². The summed E-state index contributed by atoms with van der Waals surface area (Å²) in [6, 6.07) is 6.90. The van der Waals surface area contributed by atoms with Crippen LogP contribution >= 0.6 is 11.8 Å². The molecule has 1 aromatic carbocycles. The minimum atomic E-state index is -0.302. The maximum absolute atomic E-state index is 14.3. The van der Waals surface area contributed by atoms with Gasteiger partial charge in [-0.15, -0.1) is 10.2 Å². The minimum Gasteiger partial charge on any atom is -0.465 e. The summed E-state index contributed by atoms with van der Waals surface area (Å²) in [5.74, 6) is 0.0540. The second-order valence-electron chi connectivity index (χ2n) is 6.51. The van der Waals surface area contributed by atoms with Gasteiger partial charge >= 0.3 is 5.97 Å². The molecule has 2 heterocycles. The zero-order chi connectivity index (χ0) is 17.2. The number of esters is 1. The van der Waals surface area contributed by atoms with Crippen molar-refractivity contribution in [2.24, 2.45) is 0 Å². The summed E-state index contributed by atoms with van der Waals surface area (Å²) in [6.45, 7) is 0.453. The van der Waals surface area contributed by atoms with Crippen molar-refractivity contribution < 1.29 is 13.9 Å². The first-order valence-corrected chi connectivity index (χ1v) is 9.65. The van der Waals surface area contributed by atoms with E-state index in [0.29, 0.717) is 29.6 Å². The van der Waals surface area contributed by atoms with Crippen LogP contribution in [0.15, 0.2) is 29.4 Å². The van der Waals surface area contributed by atoms with E-state index in [-0.39, 0.29) is 23.1 Å². The average Bonchev–Trinajstić information content (AvgIpc) is 3.23. The number of carbonyl (C=O) groups is 1. The molecule has 5 nitrogen and oxygen atoms in total. The number of hydrogen-bond acceptors (Lipinski definition) is 5. The Morgan fingerprint density at radius 3 is 2.64 bits per heavy atom. The molecule has 7 heteroatoms. The number of benzene rings is 1. The molecule has 4 rings (SSSR count). The number of hydrogen-bond donors (Lipinski definition) is 0. The molecule has 0 spiro atoms. The number of ether oxygens (including phenoxy) is 1. The van der Waals surface area contributed by atoms with Crippen molar-refractivity contribution in [3.05, 3.63) is 30.1 Å². The maximum atomic E-state index is 14.3. The molecular formula is C18H20FN3O2S. The van der Waals surface area contributed by atoms with Gasteiger partial charge in [0.25, 0.3) is 0 Å². The summed E-state index contributed by atoms with van der Waals surface area (Å²) in [5, 5.41) is 9.04. The monoisotopic (exact) mass is 361 g/mol. The Hall–Kier alpha value is -1.89. The van der Waals surface area contributed by atoms with Gasteiger partial charge in [0.05, 0.1) is 12.2 Å². The first-order chi connectivity index (χ1) is 12.2. The van der Waals surface area contributed by atoms with Crippen LogP contribution in [0.4, 0.5) is 4.39 Å². The Bertz CT molecular complexity index is 773. The zero-order valence-corrected chi connectivity index (χ0v) is 14.7. The number of carbonyl (C=O) groups excluding carboxylic acids is 1. The highest BCUT2D eigenvalue weighted by atomic mass is 32.2. The molecule has 1 aromatic heterocycles. The molecule has 0 N–H and O–H groups in total. The van der Waals surface area contributed by atoms with Gasteiger partial charge in [-0.2, -0.15) is 0 Å². The quantitative estimate of drug-likeness (QED) is 0.771. The number of thioether (sulfide) groups is 1. The van der Waals surface area contributed by atoms with Gasteiger partial charge < -0.3 is 4.74 Å². The van der Waals surface area contributed by atoms with Crippen LogP contribution in [0.2, 0.25) is 0 Å². The van der Waals surface area contributed by atoms with Gasteiger partial charge in [-0.05, 0) is 25.0 Å². The van der Waals surface area contributed by atoms with E-state index in [9.17, 15) is 9.18 Å². The van der Waals surface area contributed by atoms with Crippen molar-refractivity contribution in [3.8, 4) is 11.4 Å². The second-order valence-corrected chi connectivity index (χ2v) is 7.68. The second kappa shape index (κ2) is 7.15. The van der Waals surface area contributed by atoms with Crippen molar-refractivity contribution >= 4 is 17.7 Å². The van der Waals surface area contributed by atoms with Crippen LogP contribution < -0.4 is 0 Å². The van der Waals surface area contributed by atoms with Gasteiger partial charge in [0, 0.05) is 12.5 Å². The fraction of sp³-hybridized carbons (Fsp3) is 0.500. The summed E-state index contributed by atoms with van der Waals surface area (Å²) in [7, 11) is 0. The fourth-order valence-electron chi connectivity index (χ4n) is 3.56. The van der Waals surface area contributed by atoms with E-state index < -0.39 is 0 Å². The van der Waals surface area contributed by atoms with Crippen LogP contribution in [0.1, 0.15) is 44.6 Å². The highest BCUT2D eigenvalue weighted by Gasteiger charge is 2.32. The summed E-state index contributed by atoms with van der Waals surface area (Å²) in [6.07, 6.45) is 6.26. The number of nitrogens with zero attached hydrogens (tertiary/aromatic N) is 3. The Kier molecular flexibility index (Phi) is 4.74. The molecule has 2 aromatic rings. The summed E-state index contributed by atoms with van der Waals surface area (Å²) in [5.41, 5.74) is 0.460. The third kappa shape index (κ3) is 3.29. The smallest absolute Gasteiger partial charge is 0.319 e. The van der Waals surface area contributed by atoms with Crippen molar-refractivity contribution in [3.63, 3.8) is 0 Å². The molecule has 1 atom stereocenters. The van der Waals surface area contributed by atoms with E-state index in [4.69, 9.17) is 4.74 Å². The lowest BCUT2D eigenvalue weighted by Gasteiger charge is -2.26. The third-order valence-electron chi connectivity index (χ3n) is 4.85. The summed E-state index contributed by atoms with van der Waals surface area (Å²) >= 11 is 1.39. The Balaban J connectivity index is 1.73. The minimum absolute atomic E-state index is 0.198. The fourth-order valence-corrected chi connectivity index (χ4v) is 4.63. The van der Waals surface area contributed by atoms with Crippen molar-refractivity contribution in [1.29, 1.82) is 0 Å². The van der Waals surface area contributed by atoms with Gasteiger partial charge in [-0.25, -0.2) is 4.39 Å². The molecule has 1 aliphatic carbocycles. The van der Waals surface area contributed by atoms with Gasteiger partial charge in [0.1, 0.15) is 11.1 Å². The normalized spacial score (nSPS) is 21.5. The third-order valence-corrected chi connectivity index (χ3v) is 6.06. The molecule has 0 unspecified atom stereocenters. The van der Waals surface area contributed by atoms with Crippen LogP contribution in [0.25, 0.3) is 11.4 Å². The molecule has 1 saturated carbocycles. The number of rotatable bonds is 4. The van der Waals surface area contributed by atoms with Crippen LogP contribution in [0.5, 0.6) is 0 Å². The molecule has 0 bridgehead atoms. The molecule has 2 aliphatic rings. The number of aromatic nitrogens is 3. The lowest BCUT2D eigenvalue weighted by atomic mass is 9.95. The Morgan fingerprint density at radius 1 is 1.12 bits per heavy atom. The highest BCUT2D eigenvalue weighted by molar-refractivity contribution is 8.00. The van der Waals surface area contributed by atoms with E-state index in [2.05, 4.69) is 10.2 Å². The van der Waals surface area contributed by atoms with Crippen LogP contribution in [0, 0.1) is 5.82 Å². The van der Waals surface area contributed by atoms with Crippen LogP contribution in [0.3, 0.4) is 0 Å². The molecule has 2 fully saturated rings. The Morgan fingerprint density at radius 2 is 1.92 bits per heavy atom. The molecule has 25 heavy (non-hydrogen) atoms. The molecular weight excluding hydrogens is 341 g/mol. The maximum Gasteiger partial charge on any atom is 0.319 e. The molecule has 0 amide bonds. The van der Waals surface area contributed by atoms with E-state index in [1.54, 1.807) is 18.2 Å². The SMILES string of the molecule is O=C1OCC[C@@H]1Sc1nnc(-c2ccccc2F)n1C1CCCCC1. The average molecular weight is 361 g/mol. The topological polar surface area (TPSA) is 57.0 Å². The molecule has 0 radical (unpaired) electrons. The van der Waals surface area contributed by atoms with E-state index >= 15 is 0 Å². The van der Waals surface area contributed by atoms with Crippen molar-refractivity contribution in [2.45, 2.75) is 55.0 Å². The standard InChI is InChI=1S/C18H20FN3O2S/c19-14-9-5-4-8-13(14)16-20-21-18(25-15-10-11-24-17(15)23)22(16)12-6-2-1-3-7-12/h4-5,8-9,12,15H,1-3,6-7,10-11H2/t15-/m0/s1. The predicted octanol–water partition coefficient (Wildman–Crippen LogP) is 4.00. The van der Waals surface area contributed by atoms with Crippen molar-refractivity contribution in [2.75, 3.05) is 6.61 Å². The molecule has 1 saturated heterocycles. The summed E-state index contributed by atoms with van der Waals surface area (Å²) < 4.78 is 21.4. The number of halogens is 1. The van der Waals surface area contributed by atoms with Gasteiger partial charge in [-0.3, -0.25) is 9.36 Å². The Labute approximate surface area is 150 Å². The van der Waals surface area contributed by atoms with Gasteiger partial charge in [0.2, 0.25) is 0 Å². The van der Waals surface area contributed by atoms with E-state index in [1.165, 1.54) is 24.2 Å². The van der Waals surface area contributed by atoms with Crippen LogP contribution in [-0.2, 0) is 9.53 Å². The van der Waals surface area contributed by atoms with Crippen molar-refractivity contribution in [1.82, 2.24) is 14.8 Å².